The number of hydrogen-bond acceptors (Lipinski definition) is 3. The highest BCUT2D eigenvalue weighted by Crippen LogP contribution is 2.31. The molecule has 0 aliphatic carbocycles. The predicted molar refractivity (Wildman–Crippen MR) is 86.6 cm³/mol. The second-order valence-electron chi connectivity index (χ2n) is 5.27. The molecule has 1 aliphatic heterocycles. The van der Waals surface area contributed by atoms with Crippen LogP contribution >= 0.6 is 15.9 Å². The highest BCUT2D eigenvalue weighted by atomic mass is 79.9. The zero-order valence-corrected chi connectivity index (χ0v) is 14.2. The van der Waals surface area contributed by atoms with Gasteiger partial charge in [0.05, 0.1) is 14.2 Å². The van der Waals surface area contributed by atoms with Crippen molar-refractivity contribution in [2.75, 3.05) is 32.6 Å². The van der Waals surface area contributed by atoms with E-state index in [9.17, 15) is 4.79 Å². The van der Waals surface area contributed by atoms with Gasteiger partial charge in [0.1, 0.15) is 17.1 Å². The number of rotatable bonds is 5. The molecule has 0 bridgehead atoms. The molecule has 1 aromatic carbocycles. The Morgan fingerprint density at radius 2 is 2.00 bits per heavy atom. The van der Waals surface area contributed by atoms with Gasteiger partial charge in [-0.1, -0.05) is 22.0 Å². The van der Waals surface area contributed by atoms with Gasteiger partial charge in [-0.05, 0) is 37.3 Å². The van der Waals surface area contributed by atoms with Crippen LogP contribution in [0.1, 0.15) is 29.6 Å². The topological polar surface area (TPSA) is 38.8 Å². The lowest BCUT2D eigenvalue weighted by atomic mass is 9.95. The van der Waals surface area contributed by atoms with Gasteiger partial charge in [0.25, 0.3) is 5.91 Å². The van der Waals surface area contributed by atoms with Crippen LogP contribution in [-0.4, -0.2) is 43.4 Å². The Labute approximate surface area is 134 Å². The van der Waals surface area contributed by atoms with Gasteiger partial charge in [-0.3, -0.25) is 4.79 Å². The van der Waals surface area contributed by atoms with E-state index in [1.165, 1.54) is 6.42 Å². The second-order valence-corrected chi connectivity index (χ2v) is 6.07. The smallest absolute Gasteiger partial charge is 0.261 e. The van der Waals surface area contributed by atoms with Crippen molar-refractivity contribution in [3.05, 3.63) is 23.8 Å². The molecule has 2 rings (SSSR count). The number of ether oxygens (including phenoxy) is 2. The van der Waals surface area contributed by atoms with Crippen molar-refractivity contribution in [2.24, 2.45) is 5.92 Å². The monoisotopic (exact) mass is 355 g/mol. The van der Waals surface area contributed by atoms with E-state index < -0.39 is 0 Å². The molecule has 1 amide bonds. The van der Waals surface area contributed by atoms with Crippen LogP contribution in [-0.2, 0) is 0 Å². The molecule has 0 saturated carbocycles. The summed E-state index contributed by atoms with van der Waals surface area (Å²) in [5.74, 6) is 1.72. The summed E-state index contributed by atoms with van der Waals surface area (Å²) in [6.07, 6.45) is 3.35. The van der Waals surface area contributed by atoms with Crippen molar-refractivity contribution in [3.8, 4) is 11.5 Å². The molecule has 0 aromatic heterocycles. The van der Waals surface area contributed by atoms with Crippen LogP contribution in [0.15, 0.2) is 18.2 Å². The van der Waals surface area contributed by atoms with Crippen molar-refractivity contribution >= 4 is 21.8 Å². The van der Waals surface area contributed by atoms with Crippen molar-refractivity contribution in [1.29, 1.82) is 0 Å². The summed E-state index contributed by atoms with van der Waals surface area (Å²) in [5.41, 5.74) is 0.530. The van der Waals surface area contributed by atoms with E-state index in [4.69, 9.17) is 9.47 Å². The Morgan fingerprint density at radius 3 is 2.57 bits per heavy atom. The van der Waals surface area contributed by atoms with E-state index in [1.807, 2.05) is 11.0 Å². The molecule has 0 N–H and O–H groups in total. The highest BCUT2D eigenvalue weighted by molar-refractivity contribution is 9.09. The Hall–Kier alpha value is -1.23. The zero-order chi connectivity index (χ0) is 15.2. The molecule has 1 unspecified atom stereocenters. The van der Waals surface area contributed by atoms with Crippen LogP contribution in [0.2, 0.25) is 0 Å². The van der Waals surface area contributed by atoms with Crippen LogP contribution in [0, 0.1) is 5.92 Å². The summed E-state index contributed by atoms with van der Waals surface area (Å²) in [6, 6.07) is 5.43. The molecule has 1 saturated heterocycles. The van der Waals surface area contributed by atoms with Gasteiger partial charge in [-0.2, -0.15) is 0 Å². The van der Waals surface area contributed by atoms with Crippen molar-refractivity contribution in [1.82, 2.24) is 4.90 Å². The number of halogens is 1. The molecule has 1 fully saturated rings. The van der Waals surface area contributed by atoms with Crippen LogP contribution in [0.4, 0.5) is 0 Å². The fourth-order valence-corrected chi connectivity index (χ4v) is 3.51. The molecular formula is C16H22BrNO3. The van der Waals surface area contributed by atoms with E-state index in [2.05, 4.69) is 15.9 Å². The molecular weight excluding hydrogens is 334 g/mol. The minimum absolute atomic E-state index is 0.00331. The molecule has 0 spiro atoms. The first kappa shape index (κ1) is 16.1. The Balaban J connectivity index is 2.23. The average molecular weight is 356 g/mol. The Bertz CT molecular complexity index is 468. The van der Waals surface area contributed by atoms with Gasteiger partial charge in [-0.15, -0.1) is 0 Å². The molecule has 4 nitrogen and oxygen atoms in total. The van der Waals surface area contributed by atoms with E-state index in [1.54, 1.807) is 26.4 Å². The van der Waals surface area contributed by atoms with Gasteiger partial charge in [0, 0.05) is 18.4 Å². The first-order valence-electron chi connectivity index (χ1n) is 7.27. The lowest BCUT2D eigenvalue weighted by Crippen LogP contribution is -2.40. The van der Waals surface area contributed by atoms with E-state index in [0.29, 0.717) is 23.0 Å². The third-order valence-corrected chi connectivity index (χ3v) is 4.42. The number of benzene rings is 1. The minimum atomic E-state index is 0.00331. The fraction of sp³-hybridized carbons (Fsp3) is 0.562. The van der Waals surface area contributed by atoms with E-state index >= 15 is 0 Å². The number of methoxy groups -OCH3 is 2. The first-order chi connectivity index (χ1) is 10.2. The Morgan fingerprint density at radius 1 is 1.33 bits per heavy atom. The lowest BCUT2D eigenvalue weighted by molar-refractivity contribution is 0.0665. The third-order valence-electron chi connectivity index (χ3n) is 3.97. The predicted octanol–water partition coefficient (Wildman–Crippen LogP) is 3.34. The minimum Gasteiger partial charge on any atom is -0.496 e. The van der Waals surface area contributed by atoms with E-state index in [-0.39, 0.29) is 5.91 Å². The number of amides is 1. The molecule has 1 heterocycles. The van der Waals surface area contributed by atoms with Crippen LogP contribution in [0.25, 0.3) is 0 Å². The van der Waals surface area contributed by atoms with Crippen molar-refractivity contribution < 1.29 is 14.3 Å². The maximum Gasteiger partial charge on any atom is 0.261 e. The molecule has 116 valence electrons. The second kappa shape index (κ2) is 7.69. The van der Waals surface area contributed by atoms with E-state index in [0.717, 1.165) is 31.3 Å². The normalized spacial score (nSPS) is 18.4. The molecule has 5 heteroatoms. The summed E-state index contributed by atoms with van der Waals surface area (Å²) in [6.45, 7) is 1.62. The van der Waals surface area contributed by atoms with Crippen molar-refractivity contribution in [2.45, 2.75) is 19.3 Å². The van der Waals surface area contributed by atoms with Gasteiger partial charge >= 0.3 is 0 Å². The third kappa shape index (κ3) is 3.70. The number of alkyl halides is 1. The molecule has 1 aliphatic rings. The zero-order valence-electron chi connectivity index (χ0n) is 12.6. The number of nitrogens with zero attached hydrogens (tertiary/aromatic N) is 1. The number of hydrogen-bond donors (Lipinski definition) is 0. The first-order valence-corrected chi connectivity index (χ1v) is 8.39. The lowest BCUT2D eigenvalue weighted by Gasteiger charge is -2.33. The largest absolute Gasteiger partial charge is 0.496 e. The summed E-state index contributed by atoms with van der Waals surface area (Å²) < 4.78 is 10.7. The average Bonchev–Trinajstić information content (AvgIpc) is 2.54. The highest BCUT2D eigenvalue weighted by Gasteiger charge is 2.28. The number of carbonyl (C=O) groups excluding carboxylic acids is 1. The SMILES string of the molecule is COc1cccc(OC)c1C(=O)N1CCCC(CCBr)C1. The number of carbonyl (C=O) groups is 1. The molecule has 1 atom stereocenters. The summed E-state index contributed by atoms with van der Waals surface area (Å²) >= 11 is 3.49. The van der Waals surface area contributed by atoms with Gasteiger partial charge in [0.15, 0.2) is 0 Å². The fourth-order valence-electron chi connectivity index (χ4n) is 2.86. The summed E-state index contributed by atoms with van der Waals surface area (Å²) in [5, 5.41) is 0.984. The maximum atomic E-state index is 12.9. The number of likely N-dealkylation sites (tertiary alicyclic amines) is 1. The molecule has 21 heavy (non-hydrogen) atoms. The van der Waals surface area contributed by atoms with Gasteiger partial charge in [0.2, 0.25) is 0 Å². The van der Waals surface area contributed by atoms with Gasteiger partial charge < -0.3 is 14.4 Å². The number of piperidine rings is 1. The Kier molecular flexibility index (Phi) is 5.91. The van der Waals surface area contributed by atoms with Crippen LogP contribution < -0.4 is 9.47 Å². The molecule has 0 radical (unpaired) electrons. The standard InChI is InChI=1S/C16H22BrNO3/c1-20-13-6-3-7-14(21-2)15(13)16(19)18-10-4-5-12(11-18)8-9-17/h3,6-7,12H,4-5,8-11H2,1-2H3. The maximum absolute atomic E-state index is 12.9. The summed E-state index contributed by atoms with van der Waals surface area (Å²) in [4.78, 5) is 14.8. The quantitative estimate of drug-likeness (QED) is 0.760. The van der Waals surface area contributed by atoms with Crippen LogP contribution in [0.3, 0.4) is 0 Å². The van der Waals surface area contributed by atoms with Crippen molar-refractivity contribution in [3.63, 3.8) is 0 Å². The molecule has 1 aromatic rings. The van der Waals surface area contributed by atoms with Gasteiger partial charge in [-0.25, -0.2) is 0 Å². The summed E-state index contributed by atoms with van der Waals surface area (Å²) in [7, 11) is 3.16. The van der Waals surface area contributed by atoms with Crippen LogP contribution in [0.5, 0.6) is 11.5 Å².